The fraction of sp³-hybridized carbons (Fsp3) is 0.269. The summed E-state index contributed by atoms with van der Waals surface area (Å²) >= 11 is -1.35. The van der Waals surface area contributed by atoms with Crippen LogP contribution in [0.1, 0.15) is 45.0 Å². The summed E-state index contributed by atoms with van der Waals surface area (Å²) in [6.07, 6.45) is 2.10. The zero-order valence-electron chi connectivity index (χ0n) is 19.7. The minimum absolute atomic E-state index is 0.175. The second-order valence-electron chi connectivity index (χ2n) is 9.05. The lowest BCUT2D eigenvalue weighted by Gasteiger charge is -2.29. The maximum Gasteiger partial charge on any atom is 0.221 e. The second kappa shape index (κ2) is 9.97. The molecule has 2 aromatic carbocycles. The number of carbonyl (C=O) groups is 1. The van der Waals surface area contributed by atoms with E-state index in [0.29, 0.717) is 23.4 Å². The highest BCUT2D eigenvalue weighted by atomic mass is 32.2. The van der Waals surface area contributed by atoms with Crippen molar-refractivity contribution in [1.82, 2.24) is 14.9 Å². The topological polar surface area (TPSA) is 103 Å². The van der Waals surface area contributed by atoms with Gasteiger partial charge >= 0.3 is 0 Å². The number of para-hydroxylation sites is 1. The van der Waals surface area contributed by atoms with E-state index in [1.54, 1.807) is 12.3 Å². The molecule has 0 aliphatic carbocycles. The number of fused-ring (bicyclic) bond motifs is 1. The molecule has 0 fully saturated rings. The molecule has 2 aromatic heterocycles. The predicted molar refractivity (Wildman–Crippen MR) is 135 cm³/mol. The third kappa shape index (κ3) is 5.30. The van der Waals surface area contributed by atoms with Crippen LogP contribution in [0.25, 0.3) is 22.2 Å². The molecule has 2 atom stereocenters. The average molecular weight is 477 g/mol. The van der Waals surface area contributed by atoms with E-state index in [9.17, 15) is 9.35 Å². The van der Waals surface area contributed by atoms with E-state index in [4.69, 9.17) is 4.52 Å². The number of pyridine rings is 1. The average Bonchev–Trinajstić information content (AvgIpc) is 3.23. The zero-order valence-corrected chi connectivity index (χ0v) is 20.5. The van der Waals surface area contributed by atoms with Gasteiger partial charge in [0.25, 0.3) is 0 Å². The smallest absolute Gasteiger partial charge is 0.221 e. The van der Waals surface area contributed by atoms with E-state index in [-0.39, 0.29) is 11.9 Å². The summed E-state index contributed by atoms with van der Waals surface area (Å²) < 4.78 is 21.6. The third-order valence-corrected chi connectivity index (χ3v) is 6.98. The molecule has 176 valence electrons. The Bertz CT molecular complexity index is 1300. The van der Waals surface area contributed by atoms with E-state index in [0.717, 1.165) is 22.2 Å². The Labute approximate surface area is 202 Å². The van der Waals surface area contributed by atoms with Gasteiger partial charge in [0.1, 0.15) is 10.4 Å². The molecule has 4 aromatic rings. The van der Waals surface area contributed by atoms with Crippen molar-refractivity contribution >= 4 is 33.9 Å². The third-order valence-electron chi connectivity index (χ3n) is 5.37. The molecule has 4 rings (SSSR count). The fourth-order valence-corrected chi connectivity index (χ4v) is 4.54. The van der Waals surface area contributed by atoms with E-state index in [2.05, 4.69) is 20.2 Å². The number of carbonyl (C=O) groups excluding carboxylic acids is 1. The quantitative estimate of drug-likeness (QED) is 0.356. The van der Waals surface area contributed by atoms with Crippen molar-refractivity contribution in [2.24, 2.45) is 0 Å². The molecule has 8 heteroatoms. The largest absolute Gasteiger partial charge is 0.598 e. The first-order chi connectivity index (χ1) is 16.2. The van der Waals surface area contributed by atoms with Crippen LogP contribution < -0.4 is 10.0 Å². The van der Waals surface area contributed by atoms with Gasteiger partial charge in [-0.3, -0.25) is 9.78 Å². The summed E-state index contributed by atoms with van der Waals surface area (Å²) in [5.41, 5.74) is 4.55. The van der Waals surface area contributed by atoms with Crippen molar-refractivity contribution in [3.05, 3.63) is 78.1 Å². The van der Waals surface area contributed by atoms with Gasteiger partial charge < -0.3 is 14.4 Å². The van der Waals surface area contributed by atoms with Crippen LogP contribution in [-0.4, -0.2) is 25.3 Å². The summed E-state index contributed by atoms with van der Waals surface area (Å²) in [6.45, 7) is 7.24. The molecule has 0 aliphatic heterocycles. The lowest BCUT2D eigenvalue weighted by Crippen LogP contribution is -2.42. The number of aromatic nitrogens is 2. The van der Waals surface area contributed by atoms with Crippen LogP contribution in [0.4, 0.5) is 5.69 Å². The number of hydrogen-bond donors (Lipinski definition) is 2. The zero-order chi connectivity index (χ0) is 24.3. The van der Waals surface area contributed by atoms with Gasteiger partial charge in [-0.25, -0.2) is 0 Å². The van der Waals surface area contributed by atoms with Crippen LogP contribution in [-0.2, 0) is 22.6 Å². The van der Waals surface area contributed by atoms with Crippen LogP contribution in [0.3, 0.4) is 0 Å². The van der Waals surface area contributed by atoms with Crippen LogP contribution in [0.15, 0.2) is 71.4 Å². The molecular formula is C26H28N4O3S. The summed E-state index contributed by atoms with van der Waals surface area (Å²) in [6, 6.07) is 18.8. The van der Waals surface area contributed by atoms with Crippen LogP contribution in [0, 0.1) is 0 Å². The van der Waals surface area contributed by atoms with Gasteiger partial charge in [0.05, 0.1) is 17.4 Å². The highest BCUT2D eigenvalue weighted by Crippen LogP contribution is 2.35. The lowest BCUT2D eigenvalue weighted by atomic mass is 9.94. The monoisotopic (exact) mass is 476 g/mol. The van der Waals surface area contributed by atoms with Crippen molar-refractivity contribution in [2.75, 3.05) is 5.32 Å². The molecule has 7 nitrogen and oxygen atoms in total. The van der Waals surface area contributed by atoms with Crippen LogP contribution >= 0.6 is 0 Å². The SMILES string of the molecule is CC(=O)Nc1cccnc1C[C@H](N[S+]([O-])C(C)(C)C)c1ccccc1-c1noc2ccccc12. The van der Waals surface area contributed by atoms with Gasteiger partial charge in [-0.15, -0.1) is 4.72 Å². The van der Waals surface area contributed by atoms with E-state index in [1.807, 2.05) is 75.4 Å². The molecule has 2 N–H and O–H groups in total. The molecule has 0 radical (unpaired) electrons. The number of rotatable bonds is 7. The number of hydrogen-bond acceptors (Lipinski definition) is 6. The molecule has 0 bridgehead atoms. The minimum atomic E-state index is -1.35. The number of amides is 1. The van der Waals surface area contributed by atoms with Crippen molar-refractivity contribution in [2.45, 2.75) is 44.9 Å². The van der Waals surface area contributed by atoms with Crippen molar-refractivity contribution in [1.29, 1.82) is 0 Å². The lowest BCUT2D eigenvalue weighted by molar-refractivity contribution is -0.114. The predicted octanol–water partition coefficient (Wildman–Crippen LogP) is 5.18. The summed E-state index contributed by atoms with van der Waals surface area (Å²) in [5.74, 6) is -0.175. The molecule has 0 aliphatic rings. The highest BCUT2D eigenvalue weighted by Gasteiger charge is 2.32. The van der Waals surface area contributed by atoms with Crippen molar-refractivity contribution < 1.29 is 13.9 Å². The normalized spacial score (nSPS) is 13.6. The second-order valence-corrected chi connectivity index (χ2v) is 11.0. The Balaban J connectivity index is 1.80. The van der Waals surface area contributed by atoms with Gasteiger partial charge in [0.15, 0.2) is 5.58 Å². The Hall–Kier alpha value is -3.20. The van der Waals surface area contributed by atoms with E-state index >= 15 is 0 Å². The molecular weight excluding hydrogens is 448 g/mol. The summed E-state index contributed by atoms with van der Waals surface area (Å²) in [5, 5.41) is 8.10. The maximum atomic E-state index is 13.2. The van der Waals surface area contributed by atoms with E-state index in [1.165, 1.54) is 6.92 Å². The number of nitrogens with zero attached hydrogens (tertiary/aromatic N) is 2. The van der Waals surface area contributed by atoms with Gasteiger partial charge in [-0.2, -0.15) is 0 Å². The summed E-state index contributed by atoms with van der Waals surface area (Å²) in [4.78, 5) is 16.3. The Morgan fingerprint density at radius 2 is 1.82 bits per heavy atom. The standard InChI is InChI=1S/C26H28N4O3S/c1-17(31)28-21-13-9-15-27-23(21)16-22(30-34(32)26(2,3)4)18-10-5-6-11-19(18)25-20-12-7-8-14-24(20)33-29-25/h5-15,22,30H,16H2,1-4H3,(H,28,31)/t22-,34?/m0/s1. The molecule has 0 spiro atoms. The highest BCUT2D eigenvalue weighted by molar-refractivity contribution is 7.90. The fourth-order valence-electron chi connectivity index (χ4n) is 3.72. The van der Waals surface area contributed by atoms with Crippen molar-refractivity contribution in [3.63, 3.8) is 0 Å². The first-order valence-corrected chi connectivity index (χ1v) is 12.2. The first kappa shape index (κ1) is 23.9. The molecule has 2 heterocycles. The maximum absolute atomic E-state index is 13.2. The van der Waals surface area contributed by atoms with Crippen LogP contribution in [0.2, 0.25) is 0 Å². The van der Waals surface area contributed by atoms with Gasteiger partial charge in [0, 0.05) is 41.9 Å². The Kier molecular flexibility index (Phi) is 7.02. The Morgan fingerprint density at radius 3 is 2.59 bits per heavy atom. The van der Waals surface area contributed by atoms with Gasteiger partial charge in [-0.05, 0) is 50.6 Å². The molecule has 1 unspecified atom stereocenters. The van der Waals surface area contributed by atoms with Gasteiger partial charge in [0.2, 0.25) is 5.91 Å². The number of nitrogens with one attached hydrogen (secondary N) is 2. The Morgan fingerprint density at radius 1 is 1.09 bits per heavy atom. The first-order valence-electron chi connectivity index (χ1n) is 11.1. The summed E-state index contributed by atoms with van der Waals surface area (Å²) in [7, 11) is 0. The molecule has 34 heavy (non-hydrogen) atoms. The molecule has 1 amide bonds. The molecule has 0 saturated carbocycles. The minimum Gasteiger partial charge on any atom is -0.598 e. The van der Waals surface area contributed by atoms with Gasteiger partial charge in [-0.1, -0.05) is 41.6 Å². The number of benzene rings is 2. The molecule has 0 saturated heterocycles. The van der Waals surface area contributed by atoms with Crippen molar-refractivity contribution in [3.8, 4) is 11.3 Å². The van der Waals surface area contributed by atoms with Crippen LogP contribution in [0.5, 0.6) is 0 Å². The number of anilines is 1. The van der Waals surface area contributed by atoms with E-state index < -0.39 is 16.1 Å².